The van der Waals surface area contributed by atoms with Crippen LogP contribution in [0.5, 0.6) is 11.5 Å². The summed E-state index contributed by atoms with van der Waals surface area (Å²) in [6.45, 7) is 1.85. The van der Waals surface area contributed by atoms with Gasteiger partial charge in [0.15, 0.2) is 18.1 Å². The van der Waals surface area contributed by atoms with Gasteiger partial charge in [-0.25, -0.2) is 0 Å². The molecule has 0 aliphatic rings. The van der Waals surface area contributed by atoms with Crippen molar-refractivity contribution in [2.75, 3.05) is 7.11 Å². The van der Waals surface area contributed by atoms with Gasteiger partial charge in [-0.2, -0.15) is 4.98 Å². The maximum absolute atomic E-state index is 10.7. The number of hydrogen-bond acceptors (Lipinski definition) is 6. The third kappa shape index (κ3) is 2.65. The first-order chi connectivity index (χ1) is 8.72. The first-order valence-corrected chi connectivity index (χ1v) is 5.28. The molecule has 0 atom stereocenters. The molecule has 2 rings (SSSR count). The Balaban J connectivity index is 2.14. The molecule has 94 valence electrons. The van der Waals surface area contributed by atoms with Gasteiger partial charge in [-0.05, 0) is 18.2 Å². The standard InChI is InChI=1S/C12H12N2O4/c1-8-13-12(14-18-8)7-17-11-5-9(6-15)3-4-10(11)16-2/h3-6H,7H2,1-2H3. The van der Waals surface area contributed by atoms with Crippen molar-refractivity contribution in [3.05, 3.63) is 35.5 Å². The molecule has 6 heteroatoms. The zero-order valence-electron chi connectivity index (χ0n) is 10.0. The fourth-order valence-electron chi connectivity index (χ4n) is 1.42. The van der Waals surface area contributed by atoms with Crippen LogP contribution in [0.3, 0.4) is 0 Å². The van der Waals surface area contributed by atoms with E-state index in [0.29, 0.717) is 28.8 Å². The summed E-state index contributed by atoms with van der Waals surface area (Å²) < 4.78 is 15.5. The van der Waals surface area contributed by atoms with Crippen molar-refractivity contribution in [1.82, 2.24) is 10.1 Å². The number of ether oxygens (including phenoxy) is 2. The fourth-order valence-corrected chi connectivity index (χ4v) is 1.42. The SMILES string of the molecule is COc1ccc(C=O)cc1OCc1noc(C)n1. The van der Waals surface area contributed by atoms with Crippen LogP contribution in [0, 0.1) is 6.92 Å². The highest BCUT2D eigenvalue weighted by Gasteiger charge is 2.08. The molecular formula is C12H12N2O4. The van der Waals surface area contributed by atoms with E-state index in [1.807, 2.05) is 0 Å². The number of aldehydes is 1. The van der Waals surface area contributed by atoms with Crippen LogP contribution in [0.4, 0.5) is 0 Å². The Morgan fingerprint density at radius 3 is 2.83 bits per heavy atom. The molecule has 1 aromatic carbocycles. The van der Waals surface area contributed by atoms with Gasteiger partial charge >= 0.3 is 0 Å². The van der Waals surface area contributed by atoms with E-state index in [2.05, 4.69) is 10.1 Å². The molecule has 1 heterocycles. The normalized spacial score (nSPS) is 10.1. The minimum Gasteiger partial charge on any atom is -0.493 e. The molecule has 18 heavy (non-hydrogen) atoms. The second kappa shape index (κ2) is 5.31. The second-order valence-electron chi connectivity index (χ2n) is 3.55. The van der Waals surface area contributed by atoms with Gasteiger partial charge in [0.05, 0.1) is 7.11 Å². The average molecular weight is 248 g/mol. The van der Waals surface area contributed by atoms with Crippen molar-refractivity contribution >= 4 is 6.29 Å². The van der Waals surface area contributed by atoms with Gasteiger partial charge < -0.3 is 14.0 Å². The average Bonchev–Trinajstić information content (AvgIpc) is 2.81. The largest absolute Gasteiger partial charge is 0.493 e. The van der Waals surface area contributed by atoms with Gasteiger partial charge in [0, 0.05) is 12.5 Å². The van der Waals surface area contributed by atoms with Crippen molar-refractivity contribution in [3.8, 4) is 11.5 Å². The lowest BCUT2D eigenvalue weighted by Crippen LogP contribution is -2.00. The summed E-state index contributed by atoms with van der Waals surface area (Å²) in [5.74, 6) is 1.92. The molecule has 1 aromatic heterocycles. The first kappa shape index (κ1) is 12.1. The van der Waals surface area contributed by atoms with Crippen LogP contribution in [0.1, 0.15) is 22.1 Å². The molecule has 0 spiro atoms. The van der Waals surface area contributed by atoms with Gasteiger partial charge in [-0.1, -0.05) is 5.16 Å². The number of nitrogens with zero attached hydrogens (tertiary/aromatic N) is 2. The summed E-state index contributed by atoms with van der Waals surface area (Å²) in [5.41, 5.74) is 0.509. The highest BCUT2D eigenvalue weighted by Crippen LogP contribution is 2.28. The monoisotopic (exact) mass is 248 g/mol. The van der Waals surface area contributed by atoms with Gasteiger partial charge in [0.1, 0.15) is 6.29 Å². The van der Waals surface area contributed by atoms with E-state index in [1.54, 1.807) is 25.1 Å². The van der Waals surface area contributed by atoms with Gasteiger partial charge in [-0.15, -0.1) is 0 Å². The lowest BCUT2D eigenvalue weighted by Gasteiger charge is -2.09. The third-order valence-corrected chi connectivity index (χ3v) is 2.25. The number of aromatic nitrogens is 2. The van der Waals surface area contributed by atoms with Crippen molar-refractivity contribution in [2.45, 2.75) is 13.5 Å². The predicted octanol–water partition coefficient (Wildman–Crippen LogP) is 1.78. The second-order valence-corrected chi connectivity index (χ2v) is 3.55. The van der Waals surface area contributed by atoms with Crippen LogP contribution >= 0.6 is 0 Å². The Morgan fingerprint density at radius 2 is 2.22 bits per heavy atom. The zero-order chi connectivity index (χ0) is 13.0. The maximum atomic E-state index is 10.7. The Hall–Kier alpha value is -2.37. The molecule has 0 saturated heterocycles. The number of carbonyl (C=O) groups excluding carboxylic acids is 1. The molecule has 2 aromatic rings. The fraction of sp³-hybridized carbons (Fsp3) is 0.250. The summed E-state index contributed by atoms with van der Waals surface area (Å²) >= 11 is 0. The van der Waals surface area contributed by atoms with E-state index >= 15 is 0 Å². The topological polar surface area (TPSA) is 74.5 Å². The van der Waals surface area contributed by atoms with Crippen molar-refractivity contribution in [3.63, 3.8) is 0 Å². The van der Waals surface area contributed by atoms with Crippen LogP contribution in [0.2, 0.25) is 0 Å². The molecule has 0 aliphatic heterocycles. The Labute approximate surface area is 104 Å². The minimum absolute atomic E-state index is 0.149. The summed E-state index contributed by atoms with van der Waals surface area (Å²) in [6.07, 6.45) is 0.741. The van der Waals surface area contributed by atoms with Gasteiger partial charge in [-0.3, -0.25) is 4.79 Å². The van der Waals surface area contributed by atoms with E-state index in [4.69, 9.17) is 14.0 Å². The maximum Gasteiger partial charge on any atom is 0.223 e. The van der Waals surface area contributed by atoms with Crippen LogP contribution in [0.25, 0.3) is 0 Å². The van der Waals surface area contributed by atoms with E-state index in [-0.39, 0.29) is 6.61 Å². The number of aryl methyl sites for hydroxylation is 1. The first-order valence-electron chi connectivity index (χ1n) is 5.28. The van der Waals surface area contributed by atoms with Gasteiger partial charge in [0.25, 0.3) is 0 Å². The molecule has 0 radical (unpaired) electrons. The highest BCUT2D eigenvalue weighted by molar-refractivity contribution is 5.76. The summed E-state index contributed by atoms with van der Waals surface area (Å²) in [6, 6.07) is 4.91. The molecule has 0 saturated carbocycles. The molecule has 0 N–H and O–H groups in total. The molecule has 6 nitrogen and oxygen atoms in total. The minimum atomic E-state index is 0.149. The third-order valence-electron chi connectivity index (χ3n) is 2.25. The predicted molar refractivity (Wildman–Crippen MR) is 61.7 cm³/mol. The summed E-state index contributed by atoms with van der Waals surface area (Å²) in [5, 5.41) is 3.71. The summed E-state index contributed by atoms with van der Waals surface area (Å²) in [4.78, 5) is 14.7. The molecular weight excluding hydrogens is 236 g/mol. The number of rotatable bonds is 5. The van der Waals surface area contributed by atoms with Crippen molar-refractivity contribution < 1.29 is 18.8 Å². The van der Waals surface area contributed by atoms with E-state index in [0.717, 1.165) is 6.29 Å². The molecule has 0 amide bonds. The zero-order valence-corrected chi connectivity index (χ0v) is 10.0. The van der Waals surface area contributed by atoms with Crippen LogP contribution in [-0.4, -0.2) is 23.5 Å². The molecule has 0 aliphatic carbocycles. The quantitative estimate of drug-likeness (QED) is 0.751. The molecule has 0 bridgehead atoms. The van der Waals surface area contributed by atoms with E-state index in [9.17, 15) is 4.79 Å². The van der Waals surface area contributed by atoms with Crippen LogP contribution < -0.4 is 9.47 Å². The van der Waals surface area contributed by atoms with Crippen LogP contribution in [0.15, 0.2) is 22.7 Å². The Kier molecular flexibility index (Phi) is 3.57. The Bertz CT molecular complexity index is 551. The number of hydrogen-bond donors (Lipinski definition) is 0. The number of benzene rings is 1. The van der Waals surface area contributed by atoms with Crippen molar-refractivity contribution in [1.29, 1.82) is 0 Å². The molecule has 0 fully saturated rings. The highest BCUT2D eigenvalue weighted by atomic mass is 16.5. The molecule has 0 unspecified atom stereocenters. The van der Waals surface area contributed by atoms with E-state index in [1.165, 1.54) is 7.11 Å². The summed E-state index contributed by atoms with van der Waals surface area (Å²) in [7, 11) is 1.53. The van der Waals surface area contributed by atoms with Crippen molar-refractivity contribution in [2.24, 2.45) is 0 Å². The lowest BCUT2D eigenvalue weighted by molar-refractivity contribution is 0.112. The number of methoxy groups -OCH3 is 1. The smallest absolute Gasteiger partial charge is 0.223 e. The van der Waals surface area contributed by atoms with Crippen LogP contribution in [-0.2, 0) is 6.61 Å². The van der Waals surface area contributed by atoms with Gasteiger partial charge in [0.2, 0.25) is 11.7 Å². The Morgan fingerprint density at radius 1 is 1.39 bits per heavy atom. The lowest BCUT2D eigenvalue weighted by atomic mass is 10.2. The van der Waals surface area contributed by atoms with E-state index < -0.39 is 0 Å². The number of carbonyl (C=O) groups is 1.